The molecule has 0 unspecified atom stereocenters. The molecule has 0 heterocycles. The molecule has 0 N–H and O–H groups in total. The summed E-state index contributed by atoms with van der Waals surface area (Å²) in [5.74, 6) is 0. The molecular weight excluding hydrogens is 156 g/mol. The van der Waals surface area contributed by atoms with Crippen LogP contribution in [0.2, 0.25) is 0 Å². The van der Waals surface area contributed by atoms with Crippen LogP contribution in [0.25, 0.3) is 0 Å². The fourth-order valence-electron chi connectivity index (χ4n) is 0. The summed E-state index contributed by atoms with van der Waals surface area (Å²) in [5.41, 5.74) is 0. The molecule has 0 bridgehead atoms. The Bertz CT molecular complexity index is 39.9. The van der Waals surface area contributed by atoms with Crippen LogP contribution in [-0.4, -0.2) is 17.1 Å². The lowest BCUT2D eigenvalue weighted by atomic mass is 10.8. The molecule has 0 rings (SSSR count). The summed E-state index contributed by atoms with van der Waals surface area (Å²) in [6.45, 7) is 2.66. The fraction of sp³-hybridized carbons (Fsp3) is 1.00. The molecule has 0 aliphatic rings. The predicted octanol–water partition coefficient (Wildman–Crippen LogP) is 2.18. The van der Waals surface area contributed by atoms with Crippen molar-refractivity contribution in [2.45, 2.75) is 6.92 Å². The summed E-state index contributed by atoms with van der Waals surface area (Å²) < 4.78 is 0.0139. The Kier molecular flexibility index (Phi) is 5.81. The van der Waals surface area contributed by atoms with Gasteiger partial charge < -0.3 is 0 Å². The third kappa shape index (κ3) is 10.9. The van der Waals surface area contributed by atoms with Crippen molar-refractivity contribution < 1.29 is 3.52 Å². The van der Waals surface area contributed by atoms with Crippen LogP contribution in [0.15, 0.2) is 0 Å². The van der Waals surface area contributed by atoms with Crippen LogP contribution in [0.1, 0.15) is 6.92 Å². The molecular formula is C3H9Cl3N+. The summed E-state index contributed by atoms with van der Waals surface area (Å²) in [4.78, 5) is 0. The molecule has 0 aliphatic carbocycles. The lowest BCUT2D eigenvalue weighted by Crippen LogP contribution is -2.18. The Morgan fingerprint density at radius 2 is 1.57 bits per heavy atom. The zero-order valence-corrected chi connectivity index (χ0v) is 6.65. The van der Waals surface area contributed by atoms with Crippen molar-refractivity contribution in [1.29, 1.82) is 0 Å². The van der Waals surface area contributed by atoms with Crippen molar-refractivity contribution in [2.75, 3.05) is 13.6 Å². The van der Waals surface area contributed by atoms with E-state index in [2.05, 4.69) is 0 Å². The average Bonchev–Trinajstić information content (AvgIpc) is 1.35. The second-order valence-corrected chi connectivity index (χ2v) is 2.94. The van der Waals surface area contributed by atoms with Crippen molar-refractivity contribution >= 4 is 36.0 Å². The largest absolute Gasteiger partial charge is 0.186 e. The van der Waals surface area contributed by atoms with Crippen molar-refractivity contribution in [3.05, 3.63) is 0 Å². The van der Waals surface area contributed by atoms with E-state index in [9.17, 15) is 0 Å². The summed E-state index contributed by atoms with van der Waals surface area (Å²) in [7, 11) is 1.71. The van der Waals surface area contributed by atoms with Gasteiger partial charge in [0, 0.05) is 0 Å². The average molecular weight is 165 g/mol. The van der Waals surface area contributed by atoms with Gasteiger partial charge in [0.15, 0.2) is 23.6 Å². The van der Waals surface area contributed by atoms with Crippen molar-refractivity contribution in [1.82, 2.24) is 0 Å². The van der Waals surface area contributed by atoms with Crippen molar-refractivity contribution in [3.8, 4) is 0 Å². The molecule has 0 aliphatic heterocycles. The second-order valence-electron chi connectivity index (χ2n) is 1.27. The van der Waals surface area contributed by atoms with Gasteiger partial charge in [0.1, 0.15) is 13.6 Å². The lowest BCUT2D eigenvalue weighted by molar-refractivity contribution is -0.662. The van der Waals surface area contributed by atoms with E-state index in [-0.39, 0.29) is 15.9 Å². The molecule has 0 fully saturated rings. The first kappa shape index (κ1) is 10.7. The first-order valence-electron chi connectivity index (χ1n) is 1.81. The van der Waals surface area contributed by atoms with E-state index >= 15 is 0 Å². The molecule has 0 aromatic rings. The first-order chi connectivity index (χ1) is 2.56. The van der Waals surface area contributed by atoms with E-state index in [0.29, 0.717) is 0 Å². The zero-order chi connectivity index (χ0) is 5.21. The summed E-state index contributed by atoms with van der Waals surface area (Å²) in [6.07, 6.45) is 0. The third-order valence-electron chi connectivity index (χ3n) is 0.555. The Labute approximate surface area is 60.4 Å². The van der Waals surface area contributed by atoms with Gasteiger partial charge >= 0.3 is 0 Å². The summed E-state index contributed by atoms with van der Waals surface area (Å²) >= 11 is 10.8. The normalized spacial score (nSPS) is 10.3. The highest BCUT2D eigenvalue weighted by molar-refractivity contribution is 6.23. The molecule has 1 nitrogen and oxygen atoms in total. The minimum atomic E-state index is 0. The molecule has 4 heteroatoms. The van der Waals surface area contributed by atoms with Crippen LogP contribution < -0.4 is 0 Å². The van der Waals surface area contributed by atoms with Gasteiger partial charge in [-0.15, -0.1) is 15.9 Å². The smallest absolute Gasteiger partial charge is 0.147 e. The number of quaternary nitrogens is 1. The van der Waals surface area contributed by atoms with Gasteiger partial charge in [0.05, 0.1) is 0 Å². The monoisotopic (exact) mass is 164 g/mol. The number of nitrogens with zero attached hydrogens (tertiary/aromatic N) is 1. The molecule has 0 aromatic heterocycles. The second kappa shape index (κ2) is 3.79. The van der Waals surface area contributed by atoms with E-state index in [4.69, 9.17) is 23.6 Å². The van der Waals surface area contributed by atoms with Gasteiger partial charge in [0.2, 0.25) is 0 Å². The van der Waals surface area contributed by atoms with Gasteiger partial charge in [-0.05, 0) is 6.92 Å². The summed E-state index contributed by atoms with van der Waals surface area (Å²) in [6, 6.07) is 0. The van der Waals surface area contributed by atoms with Crippen LogP contribution in [-0.2, 0) is 0 Å². The van der Waals surface area contributed by atoms with Crippen LogP contribution in [0.5, 0.6) is 0 Å². The summed E-state index contributed by atoms with van der Waals surface area (Å²) in [5, 5.41) is 0. The molecule has 0 saturated heterocycles. The molecule has 0 atom stereocenters. The molecule has 0 amide bonds. The molecule has 0 aromatic carbocycles. The molecule has 0 spiro atoms. The Morgan fingerprint density at radius 1 is 1.43 bits per heavy atom. The lowest BCUT2D eigenvalue weighted by Gasteiger charge is -2.07. The minimum absolute atomic E-state index is 0. The molecule has 0 radical (unpaired) electrons. The highest BCUT2D eigenvalue weighted by Gasteiger charge is 2.09. The topological polar surface area (TPSA) is 0 Å². The maximum Gasteiger partial charge on any atom is 0.186 e. The van der Waals surface area contributed by atoms with Crippen LogP contribution in [0, 0.1) is 0 Å². The zero-order valence-electron chi connectivity index (χ0n) is 4.32. The number of hydrogen-bond acceptors (Lipinski definition) is 0. The first-order valence-corrected chi connectivity index (χ1v) is 2.48. The third-order valence-corrected chi connectivity index (χ3v) is 1.03. The Hall–Kier alpha value is 0.830. The minimum Gasteiger partial charge on any atom is -0.147 e. The maximum absolute atomic E-state index is 5.42. The van der Waals surface area contributed by atoms with E-state index in [1.807, 2.05) is 6.92 Å². The van der Waals surface area contributed by atoms with Crippen LogP contribution in [0.3, 0.4) is 0 Å². The highest BCUT2D eigenvalue weighted by atomic mass is 35.5. The van der Waals surface area contributed by atoms with Gasteiger partial charge in [0.25, 0.3) is 0 Å². The van der Waals surface area contributed by atoms with E-state index < -0.39 is 0 Å². The molecule has 0 saturated carbocycles. The number of hydrogen-bond donors (Lipinski definition) is 0. The SMILES string of the molecule is CC[N+](C)(Cl)Cl.Cl. The predicted molar refractivity (Wildman–Crippen MR) is 35.7 cm³/mol. The standard InChI is InChI=1S/C3H8Cl2N.ClH/c1-3-6(2,4)5;/h3H2,1-2H3;1H/q+1;. The molecule has 7 heavy (non-hydrogen) atoms. The van der Waals surface area contributed by atoms with Gasteiger partial charge in [-0.25, -0.2) is 0 Å². The van der Waals surface area contributed by atoms with E-state index in [1.165, 1.54) is 0 Å². The van der Waals surface area contributed by atoms with Crippen LogP contribution in [0.4, 0.5) is 0 Å². The van der Waals surface area contributed by atoms with Crippen LogP contribution >= 0.6 is 36.0 Å². The van der Waals surface area contributed by atoms with Gasteiger partial charge in [-0.3, -0.25) is 0 Å². The van der Waals surface area contributed by atoms with E-state index in [0.717, 1.165) is 6.54 Å². The van der Waals surface area contributed by atoms with Gasteiger partial charge in [-0.1, -0.05) is 0 Å². The van der Waals surface area contributed by atoms with E-state index in [1.54, 1.807) is 7.05 Å². The Balaban J connectivity index is 0. The fourth-order valence-corrected chi connectivity index (χ4v) is 0. The van der Waals surface area contributed by atoms with Gasteiger partial charge in [-0.2, -0.15) is 0 Å². The highest BCUT2D eigenvalue weighted by Crippen LogP contribution is 2.09. The molecule has 46 valence electrons. The quantitative estimate of drug-likeness (QED) is 0.523. The maximum atomic E-state index is 5.42. The van der Waals surface area contributed by atoms with Crippen molar-refractivity contribution in [2.24, 2.45) is 0 Å². The number of rotatable bonds is 1. The van der Waals surface area contributed by atoms with Crippen molar-refractivity contribution in [3.63, 3.8) is 0 Å². The Morgan fingerprint density at radius 3 is 1.57 bits per heavy atom. The number of halogens is 3.